The third kappa shape index (κ3) is 25.6. The first kappa shape index (κ1) is 77.8. The number of aromatic amines is 1. The first-order valence-electron chi connectivity index (χ1n) is 30.5. The van der Waals surface area contributed by atoms with Crippen LogP contribution < -0.4 is 75.7 Å². The molecule has 524 valence electrons. The highest BCUT2D eigenvalue weighted by Gasteiger charge is 2.44. The van der Waals surface area contributed by atoms with Crippen molar-refractivity contribution in [2.45, 2.75) is 152 Å². The van der Waals surface area contributed by atoms with Crippen LogP contribution in [0.15, 0.2) is 36.8 Å². The predicted molar refractivity (Wildman–Crippen MR) is 350 cm³/mol. The number of amides is 13. The summed E-state index contributed by atoms with van der Waals surface area (Å²) < 4.78 is 0. The Kier molecular flexibility index (Phi) is 31.6. The van der Waals surface area contributed by atoms with E-state index in [-0.39, 0.29) is 56.1 Å². The number of hydrogen-bond acceptors (Lipinski definition) is 23. The van der Waals surface area contributed by atoms with E-state index in [1.807, 2.05) is 0 Å². The highest BCUT2D eigenvalue weighted by molar-refractivity contribution is 8.77. The lowest BCUT2D eigenvalue weighted by molar-refractivity contribution is -0.144. The van der Waals surface area contributed by atoms with Crippen molar-refractivity contribution < 1.29 is 82.4 Å². The fourth-order valence-electron chi connectivity index (χ4n) is 9.85. The second kappa shape index (κ2) is 38.6. The number of aromatic nitrogens is 2. The van der Waals surface area contributed by atoms with Crippen molar-refractivity contribution in [1.29, 1.82) is 0 Å². The van der Waals surface area contributed by atoms with Gasteiger partial charge in [0.05, 0.1) is 38.0 Å². The summed E-state index contributed by atoms with van der Waals surface area (Å²) in [5.41, 5.74) is 17.4. The van der Waals surface area contributed by atoms with Crippen molar-refractivity contribution in [3.8, 4) is 5.75 Å². The quantitative estimate of drug-likeness (QED) is 0.0434. The average Bonchev–Trinajstić information content (AvgIpc) is 1.71. The number of carboxylic acids is 1. The van der Waals surface area contributed by atoms with E-state index in [0.717, 1.165) is 48.1 Å². The first-order chi connectivity index (χ1) is 45.0. The summed E-state index contributed by atoms with van der Waals surface area (Å²) in [5.74, 6) is -16.4. The van der Waals surface area contributed by atoms with Crippen molar-refractivity contribution in [3.05, 3.63) is 48.0 Å². The van der Waals surface area contributed by atoms with Gasteiger partial charge in [0.2, 0.25) is 76.8 Å². The zero-order chi connectivity index (χ0) is 70.1. The van der Waals surface area contributed by atoms with Crippen molar-refractivity contribution in [2.75, 3.05) is 49.2 Å². The largest absolute Gasteiger partial charge is 0.508 e. The normalized spacial score (nSPS) is 25.1. The second-order valence-electron chi connectivity index (χ2n) is 23.5. The minimum absolute atomic E-state index is 0.00918. The third-order valence-electron chi connectivity index (χ3n) is 14.9. The van der Waals surface area contributed by atoms with Gasteiger partial charge in [-0.15, -0.1) is 0 Å². The summed E-state index contributed by atoms with van der Waals surface area (Å²) in [5, 5.41) is 59.5. The van der Waals surface area contributed by atoms with Gasteiger partial charge in [-0.2, -0.15) is 0 Å². The molecule has 12 atom stereocenters. The number of rotatable bonds is 20. The molecule has 3 aliphatic heterocycles. The molecular formula is C57H85N17O17S4. The van der Waals surface area contributed by atoms with Gasteiger partial charge in [0, 0.05) is 60.7 Å². The smallest absolute Gasteiger partial charge is 0.327 e. The number of aliphatic hydroxyl groups is 1. The summed E-state index contributed by atoms with van der Waals surface area (Å²) in [4.78, 5) is 203. The molecule has 0 spiro atoms. The standard InChI is InChI=1S/C57H85N17O17S4/c1-27(2)13-35-50(83)70-39-23-93-92-22-38(48(81)63-19-44(78)65-36(14-29-8-10-31(75)11-9-29)51(84)66-34(49(82)67-35)7-5-6-12-58)69-53(86)40(71-55(88)46(28(3)4)73-45(79)20-62-47(80)33(59)17-43(60)77)24-94-95-25-41(57(90)91)72-54(87)42-16-32(76)21-74(42)56(89)37(68-52(39)85)15-30-18-61-26-64-30/h8-11,18,26-28,32-42,46,75-76H,5-7,12-17,19-25,58-59H2,1-4H3,(H2,60,77)(H,61,64)(H,62,80)(H,63,81)(H,65,78)(H,66,84)(H,67,82)(H,68,85)(H,69,86)(H,70,83)(H,71,88)(H,72,87)(H,73,79)(H,90,91)/t32-,33+,34+,35+,36+,37+,38+,39+,40+,41+,42+,46+/m1/s1. The van der Waals surface area contributed by atoms with Crippen molar-refractivity contribution in [2.24, 2.45) is 29.0 Å². The molecule has 1 aromatic carbocycles. The lowest BCUT2D eigenvalue weighted by Crippen LogP contribution is -2.61. The van der Waals surface area contributed by atoms with Crippen LogP contribution in [-0.4, -0.2) is 235 Å². The maximum absolute atomic E-state index is 14.9. The molecule has 0 saturated carbocycles. The number of carbonyl (C=O) groups is 14. The summed E-state index contributed by atoms with van der Waals surface area (Å²) in [6.07, 6.45) is 0.641. The van der Waals surface area contributed by atoms with E-state index in [9.17, 15) is 82.4 Å². The predicted octanol–water partition coefficient (Wildman–Crippen LogP) is -5.63. The topological polar surface area (TPSA) is 542 Å². The Hall–Kier alpha value is -7.91. The number of aliphatic hydroxyl groups excluding tert-OH is 1. The molecule has 2 aromatic rings. The number of carboxylic acid groups (broad SMARTS) is 1. The highest BCUT2D eigenvalue weighted by atomic mass is 33.1. The molecule has 3 aliphatic rings. The van der Waals surface area contributed by atoms with Gasteiger partial charge in [0.15, 0.2) is 0 Å². The van der Waals surface area contributed by atoms with Gasteiger partial charge in [-0.3, -0.25) is 62.3 Å². The van der Waals surface area contributed by atoms with Crippen LogP contribution in [0, 0.1) is 11.8 Å². The first-order valence-corrected chi connectivity index (χ1v) is 35.5. The zero-order valence-electron chi connectivity index (χ0n) is 52.7. The molecule has 5 rings (SSSR count). The molecule has 3 fully saturated rings. The van der Waals surface area contributed by atoms with Crippen LogP contribution in [0.3, 0.4) is 0 Å². The summed E-state index contributed by atoms with van der Waals surface area (Å²) in [6, 6.07) is -11.0. The lowest BCUT2D eigenvalue weighted by atomic mass is 10.0. The van der Waals surface area contributed by atoms with E-state index < -0.39 is 205 Å². The number of primary amides is 1. The number of aromatic hydroxyl groups is 1. The number of nitrogens with two attached hydrogens (primary N) is 3. The van der Waals surface area contributed by atoms with Crippen LogP contribution in [0.2, 0.25) is 0 Å². The fourth-order valence-corrected chi connectivity index (χ4v) is 14.5. The van der Waals surface area contributed by atoms with Crippen LogP contribution in [0.25, 0.3) is 0 Å². The minimum Gasteiger partial charge on any atom is -0.508 e. The Morgan fingerprint density at radius 2 is 1.34 bits per heavy atom. The SMILES string of the molecule is CC(C)C[C@@H]1NC(=O)[C@H](CCCCN)NC(=O)[C@H](Cc2ccc(O)cc2)NC(=O)CNC(=O)[C@@H]2CSSC[C@H](NC1=O)C(=O)N[C@@H](Cc1cnc[nH]1)C(=O)N1C[C@H](O)C[C@H]1C(=O)N[C@H](C(=O)O)CSSC[C@H](NC(=O)[C@@H](NC(=O)CNC(=O)[C@@H](N)CC(N)=O)C(C)C)C(=O)N2. The Morgan fingerprint density at radius 1 is 0.716 bits per heavy atom. The molecule has 95 heavy (non-hydrogen) atoms. The Morgan fingerprint density at radius 3 is 1.97 bits per heavy atom. The molecule has 0 unspecified atom stereocenters. The van der Waals surface area contributed by atoms with Gasteiger partial charge in [-0.25, -0.2) is 9.78 Å². The van der Waals surface area contributed by atoms with Gasteiger partial charge in [-0.05, 0) is 61.8 Å². The number of unbranched alkanes of at least 4 members (excludes halogenated alkanes) is 1. The van der Waals surface area contributed by atoms with Gasteiger partial charge in [0.25, 0.3) is 0 Å². The van der Waals surface area contributed by atoms with E-state index in [4.69, 9.17) is 17.2 Å². The number of imidazole rings is 1. The number of phenolic OH excluding ortho intramolecular Hbond substituents is 1. The Balaban J connectivity index is 1.61. The molecule has 0 aliphatic carbocycles. The van der Waals surface area contributed by atoms with Crippen molar-refractivity contribution in [3.63, 3.8) is 0 Å². The van der Waals surface area contributed by atoms with E-state index in [1.165, 1.54) is 36.8 Å². The monoisotopic (exact) mass is 1410 g/mol. The van der Waals surface area contributed by atoms with Gasteiger partial charge in [0.1, 0.15) is 66.2 Å². The Bertz CT molecular complexity index is 3040. The number of nitrogens with zero attached hydrogens (tertiary/aromatic N) is 2. The molecule has 38 heteroatoms. The number of phenols is 1. The number of nitrogens with one attached hydrogen (secondary N) is 12. The van der Waals surface area contributed by atoms with Crippen LogP contribution in [0.4, 0.5) is 0 Å². The Labute approximate surface area is 562 Å². The number of benzene rings is 1. The average molecular weight is 1410 g/mol. The zero-order valence-corrected chi connectivity index (χ0v) is 55.9. The van der Waals surface area contributed by atoms with E-state index in [0.29, 0.717) is 24.1 Å². The minimum atomic E-state index is -1.69. The van der Waals surface area contributed by atoms with Gasteiger partial charge < -0.3 is 101 Å². The maximum Gasteiger partial charge on any atom is 0.327 e. The highest BCUT2D eigenvalue weighted by Crippen LogP contribution is 2.27. The number of carbonyl (C=O) groups excluding carboxylic acids is 13. The van der Waals surface area contributed by atoms with Crippen molar-refractivity contribution in [1.82, 2.24) is 73.4 Å². The number of fused-ring (bicyclic) bond motifs is 6. The van der Waals surface area contributed by atoms with Gasteiger partial charge >= 0.3 is 5.97 Å². The van der Waals surface area contributed by atoms with Crippen molar-refractivity contribution >= 4 is 126 Å². The van der Waals surface area contributed by atoms with Crippen LogP contribution in [0.1, 0.15) is 77.5 Å². The van der Waals surface area contributed by atoms with Crippen LogP contribution >= 0.6 is 43.2 Å². The molecule has 0 radical (unpaired) electrons. The molecule has 1 aromatic heterocycles. The summed E-state index contributed by atoms with van der Waals surface area (Å²) >= 11 is 0. The second-order valence-corrected chi connectivity index (χ2v) is 28.6. The van der Waals surface area contributed by atoms with E-state index in [2.05, 4.69) is 68.5 Å². The molecule has 34 nitrogen and oxygen atoms in total. The van der Waals surface area contributed by atoms with Crippen LogP contribution in [-0.2, 0) is 80.0 Å². The maximum atomic E-state index is 14.9. The molecule has 13 amide bonds. The molecule has 4 heterocycles. The fraction of sp³-hybridized carbons (Fsp3) is 0.596. The van der Waals surface area contributed by atoms with Gasteiger partial charge in [-0.1, -0.05) is 83.0 Å². The number of aliphatic carboxylic acids is 1. The summed E-state index contributed by atoms with van der Waals surface area (Å²) in [7, 11) is 3.44. The lowest BCUT2D eigenvalue weighted by Gasteiger charge is -2.31. The summed E-state index contributed by atoms with van der Waals surface area (Å²) in [6.45, 7) is 4.83. The number of hydrogen-bond donors (Lipinski definition) is 18. The molecule has 2 bridgehead atoms. The number of H-pyrrole nitrogens is 1. The van der Waals surface area contributed by atoms with E-state index in [1.54, 1.807) is 27.7 Å². The molecule has 3 saturated heterocycles. The van der Waals surface area contributed by atoms with Crippen LogP contribution in [0.5, 0.6) is 5.75 Å². The molecular weight excluding hydrogens is 1320 g/mol. The van der Waals surface area contributed by atoms with E-state index >= 15 is 0 Å². The third-order valence-corrected chi connectivity index (χ3v) is 19.7. The molecule has 21 N–H and O–H groups in total.